The molecule has 0 aromatic heterocycles. The smallest absolute Gasteiger partial charge is 0.143 e. The van der Waals surface area contributed by atoms with Gasteiger partial charge in [0.1, 0.15) is 12.1 Å². The highest BCUT2D eigenvalue weighted by Crippen LogP contribution is 1.84. The minimum absolute atomic E-state index is 0. The Morgan fingerprint density at radius 2 is 2.50 bits per heavy atom. The molecule has 4 heteroatoms. The molecule has 0 atom stereocenters. The Balaban J connectivity index is 0.000000490. The standard InChI is InChI=1S/C4H6N2O.HI/c1-4-5-2-3-7-6-4;/h2-3H,1H3,(H,5,6);1H. The lowest BCUT2D eigenvalue weighted by Gasteiger charge is -2.00. The number of hydrogen-bond acceptors (Lipinski definition) is 3. The van der Waals surface area contributed by atoms with Crippen LogP contribution in [0.5, 0.6) is 0 Å². The van der Waals surface area contributed by atoms with Crippen molar-refractivity contribution in [1.29, 1.82) is 0 Å². The van der Waals surface area contributed by atoms with Gasteiger partial charge in [-0.25, -0.2) is 0 Å². The van der Waals surface area contributed by atoms with Crippen molar-refractivity contribution in [3.63, 3.8) is 0 Å². The number of hydrogen-bond donors (Lipinski definition) is 1. The molecule has 1 aliphatic rings. The number of rotatable bonds is 0. The second-order valence-corrected chi connectivity index (χ2v) is 1.23. The van der Waals surface area contributed by atoms with E-state index in [4.69, 9.17) is 0 Å². The summed E-state index contributed by atoms with van der Waals surface area (Å²) >= 11 is 0. The molecule has 0 aromatic rings. The van der Waals surface area contributed by atoms with Crippen molar-refractivity contribution < 1.29 is 4.84 Å². The predicted octanol–water partition coefficient (Wildman–Crippen LogP) is 1.03. The Morgan fingerprint density at radius 3 is 2.75 bits per heavy atom. The van der Waals surface area contributed by atoms with E-state index in [2.05, 4.69) is 15.3 Å². The van der Waals surface area contributed by atoms with Gasteiger partial charge in [-0.05, 0) is 6.92 Å². The third-order valence-electron chi connectivity index (χ3n) is 0.611. The maximum absolute atomic E-state index is 4.53. The summed E-state index contributed by atoms with van der Waals surface area (Å²) in [5, 5.41) is 6.38. The molecule has 0 unspecified atom stereocenters. The summed E-state index contributed by atoms with van der Waals surface area (Å²) in [5.41, 5.74) is 0. The Kier molecular flexibility index (Phi) is 3.59. The summed E-state index contributed by atoms with van der Waals surface area (Å²) in [6.45, 7) is 1.82. The van der Waals surface area contributed by atoms with E-state index in [0.717, 1.165) is 5.84 Å². The summed E-state index contributed by atoms with van der Waals surface area (Å²) in [5.74, 6) is 0.780. The minimum Gasteiger partial charge on any atom is -0.362 e. The Labute approximate surface area is 64.8 Å². The highest BCUT2D eigenvalue weighted by molar-refractivity contribution is 14.0. The first-order chi connectivity index (χ1) is 3.39. The van der Waals surface area contributed by atoms with Gasteiger partial charge in [0.15, 0.2) is 0 Å². The highest BCUT2D eigenvalue weighted by Gasteiger charge is 1.87. The molecule has 0 aliphatic carbocycles. The first-order valence-electron chi connectivity index (χ1n) is 2.01. The zero-order valence-electron chi connectivity index (χ0n) is 4.42. The zero-order chi connectivity index (χ0) is 5.11. The fourth-order valence-electron chi connectivity index (χ4n) is 0.321. The molecule has 0 fully saturated rings. The SMILES string of the molecule is CC1=NOC=CN1.I. The number of halogens is 1. The van der Waals surface area contributed by atoms with E-state index in [0.29, 0.717) is 0 Å². The van der Waals surface area contributed by atoms with Crippen LogP contribution in [0.2, 0.25) is 0 Å². The lowest BCUT2D eigenvalue weighted by atomic mass is 10.7. The van der Waals surface area contributed by atoms with E-state index in [1.54, 1.807) is 6.20 Å². The van der Waals surface area contributed by atoms with Gasteiger partial charge in [0.25, 0.3) is 0 Å². The Hall–Kier alpha value is -0.260. The van der Waals surface area contributed by atoms with Gasteiger partial charge in [0.05, 0.1) is 0 Å². The van der Waals surface area contributed by atoms with Crippen molar-refractivity contribution in [2.75, 3.05) is 0 Å². The van der Waals surface area contributed by atoms with Crippen molar-refractivity contribution in [1.82, 2.24) is 5.32 Å². The molecule has 0 saturated heterocycles. The van der Waals surface area contributed by atoms with Crippen molar-refractivity contribution >= 4 is 29.8 Å². The molecule has 0 aromatic carbocycles. The summed E-state index contributed by atoms with van der Waals surface area (Å²) in [6, 6.07) is 0. The molecule has 1 heterocycles. The van der Waals surface area contributed by atoms with Crippen LogP contribution in [0.25, 0.3) is 0 Å². The molecule has 0 spiro atoms. The van der Waals surface area contributed by atoms with Gasteiger partial charge < -0.3 is 10.2 Å². The minimum atomic E-state index is 0. The first-order valence-corrected chi connectivity index (χ1v) is 2.01. The van der Waals surface area contributed by atoms with E-state index >= 15 is 0 Å². The topological polar surface area (TPSA) is 33.6 Å². The molecule has 0 bridgehead atoms. The molecule has 1 N–H and O–H groups in total. The molecule has 0 radical (unpaired) electrons. The number of nitrogens with zero attached hydrogens (tertiary/aromatic N) is 1. The summed E-state index contributed by atoms with van der Waals surface area (Å²) in [6.07, 6.45) is 3.16. The first kappa shape index (κ1) is 7.74. The van der Waals surface area contributed by atoms with E-state index in [1.165, 1.54) is 6.26 Å². The molecule has 0 amide bonds. The van der Waals surface area contributed by atoms with E-state index in [9.17, 15) is 0 Å². The molecule has 3 nitrogen and oxygen atoms in total. The van der Waals surface area contributed by atoms with Crippen molar-refractivity contribution in [3.05, 3.63) is 12.5 Å². The quantitative estimate of drug-likeness (QED) is 0.626. The van der Waals surface area contributed by atoms with Gasteiger partial charge in [-0.1, -0.05) is 5.16 Å². The second kappa shape index (κ2) is 3.71. The maximum Gasteiger partial charge on any atom is 0.143 e. The van der Waals surface area contributed by atoms with Crippen LogP contribution in [0.1, 0.15) is 6.92 Å². The summed E-state index contributed by atoms with van der Waals surface area (Å²) in [4.78, 5) is 4.53. The number of oxime groups is 1. The van der Waals surface area contributed by atoms with E-state index in [1.807, 2.05) is 6.92 Å². The van der Waals surface area contributed by atoms with E-state index < -0.39 is 0 Å². The molecule has 1 rings (SSSR count). The zero-order valence-corrected chi connectivity index (χ0v) is 6.75. The second-order valence-electron chi connectivity index (χ2n) is 1.23. The van der Waals surface area contributed by atoms with E-state index in [-0.39, 0.29) is 24.0 Å². The van der Waals surface area contributed by atoms with Crippen LogP contribution in [0.15, 0.2) is 17.6 Å². The maximum atomic E-state index is 4.53. The van der Waals surface area contributed by atoms with Gasteiger partial charge >= 0.3 is 0 Å². The van der Waals surface area contributed by atoms with Gasteiger partial charge in [0, 0.05) is 6.20 Å². The van der Waals surface area contributed by atoms with Gasteiger partial charge in [0.2, 0.25) is 0 Å². The van der Waals surface area contributed by atoms with Crippen molar-refractivity contribution in [2.45, 2.75) is 6.92 Å². The predicted molar refractivity (Wildman–Crippen MR) is 41.9 cm³/mol. The van der Waals surface area contributed by atoms with Crippen LogP contribution in [0, 0.1) is 0 Å². The van der Waals surface area contributed by atoms with Crippen LogP contribution in [0.3, 0.4) is 0 Å². The Morgan fingerprint density at radius 1 is 1.75 bits per heavy atom. The van der Waals surface area contributed by atoms with Crippen LogP contribution in [0.4, 0.5) is 0 Å². The summed E-state index contributed by atoms with van der Waals surface area (Å²) in [7, 11) is 0. The van der Waals surface area contributed by atoms with Gasteiger partial charge in [-0.15, -0.1) is 24.0 Å². The van der Waals surface area contributed by atoms with Gasteiger partial charge in [-0.3, -0.25) is 0 Å². The average Bonchev–Trinajstić information content (AvgIpc) is 1.69. The van der Waals surface area contributed by atoms with Crippen molar-refractivity contribution in [3.8, 4) is 0 Å². The molecule has 46 valence electrons. The molecular weight excluding hydrogens is 219 g/mol. The average molecular weight is 226 g/mol. The van der Waals surface area contributed by atoms with Crippen LogP contribution >= 0.6 is 24.0 Å². The van der Waals surface area contributed by atoms with Crippen LogP contribution in [-0.2, 0) is 4.84 Å². The molecule has 1 aliphatic heterocycles. The number of amidine groups is 1. The lowest BCUT2D eigenvalue weighted by Crippen LogP contribution is -2.15. The van der Waals surface area contributed by atoms with Crippen molar-refractivity contribution in [2.24, 2.45) is 5.16 Å². The highest BCUT2D eigenvalue weighted by atomic mass is 127. The fourth-order valence-corrected chi connectivity index (χ4v) is 0.321. The Bertz CT molecular complexity index is 121. The summed E-state index contributed by atoms with van der Waals surface area (Å²) < 4.78 is 0. The van der Waals surface area contributed by atoms with Crippen LogP contribution in [-0.4, -0.2) is 5.84 Å². The fraction of sp³-hybridized carbons (Fsp3) is 0.250. The third kappa shape index (κ3) is 2.15. The molecule has 0 saturated carbocycles. The van der Waals surface area contributed by atoms with Crippen LogP contribution < -0.4 is 5.32 Å². The molecule has 8 heavy (non-hydrogen) atoms. The monoisotopic (exact) mass is 226 g/mol. The normalized spacial score (nSPS) is 14.9. The largest absolute Gasteiger partial charge is 0.362 e. The lowest BCUT2D eigenvalue weighted by molar-refractivity contribution is 0.259. The molecular formula is C4H7IN2O. The number of nitrogens with one attached hydrogen (secondary N) is 1. The third-order valence-corrected chi connectivity index (χ3v) is 0.611. The van der Waals surface area contributed by atoms with Gasteiger partial charge in [-0.2, -0.15) is 0 Å².